The third-order valence-corrected chi connectivity index (χ3v) is 5.56. The van der Waals surface area contributed by atoms with Crippen molar-refractivity contribution in [3.8, 4) is 0 Å². The molecular weight excluding hydrogens is 398 g/mol. The number of piperidine rings is 1. The van der Waals surface area contributed by atoms with Gasteiger partial charge in [-0.3, -0.25) is 9.69 Å². The lowest BCUT2D eigenvalue weighted by Crippen LogP contribution is -2.39. The number of amides is 1. The Kier molecular flexibility index (Phi) is 5.52. The van der Waals surface area contributed by atoms with Crippen molar-refractivity contribution < 1.29 is 13.6 Å². The summed E-state index contributed by atoms with van der Waals surface area (Å²) in [7, 11) is 0. The highest BCUT2D eigenvalue weighted by Crippen LogP contribution is 2.28. The Hall–Kier alpha value is -2.51. The summed E-state index contributed by atoms with van der Waals surface area (Å²) in [6.45, 7) is 1.32. The van der Waals surface area contributed by atoms with Crippen LogP contribution in [0.15, 0.2) is 48.7 Å². The fourth-order valence-electron chi connectivity index (χ4n) is 3.52. The van der Waals surface area contributed by atoms with Crippen molar-refractivity contribution in [2.75, 3.05) is 13.1 Å². The predicted molar refractivity (Wildman–Crippen MR) is 107 cm³/mol. The topological polar surface area (TPSA) is 49.6 Å². The summed E-state index contributed by atoms with van der Waals surface area (Å²) in [5.41, 5.74) is 1.82. The minimum absolute atomic E-state index is 0.151. The molecule has 0 unspecified atom stereocenters. The van der Waals surface area contributed by atoms with Crippen molar-refractivity contribution in [1.29, 1.82) is 0 Å². The van der Waals surface area contributed by atoms with Gasteiger partial charge >= 0.3 is 0 Å². The molecule has 1 aliphatic rings. The first-order valence-corrected chi connectivity index (χ1v) is 9.88. The van der Waals surface area contributed by atoms with Gasteiger partial charge in [0.15, 0.2) is 5.69 Å². The molecule has 0 aliphatic carbocycles. The normalized spacial score (nSPS) is 16.8. The molecule has 1 aliphatic heterocycles. The van der Waals surface area contributed by atoms with E-state index in [2.05, 4.69) is 10.3 Å². The quantitative estimate of drug-likeness (QED) is 0.677. The number of benzene rings is 1. The third-order valence-electron chi connectivity index (χ3n) is 5.19. The molecule has 2 aromatic heterocycles. The number of aromatic nitrogens is 2. The highest BCUT2D eigenvalue weighted by atomic mass is 35.5. The fraction of sp³-hybridized carbons (Fsp3) is 0.333. The molecule has 8 heteroatoms. The second-order valence-corrected chi connectivity index (χ2v) is 7.65. The lowest BCUT2D eigenvalue weighted by molar-refractivity contribution is -0.0570. The number of likely N-dealkylation sites (tertiary alicyclic amines) is 1. The maximum atomic E-state index is 13.4. The number of hydrogen-bond acceptors (Lipinski definition) is 3. The molecule has 0 spiro atoms. The van der Waals surface area contributed by atoms with Gasteiger partial charge in [-0.05, 0) is 23.8 Å². The number of rotatable bonds is 5. The van der Waals surface area contributed by atoms with E-state index in [0.29, 0.717) is 48.2 Å². The van der Waals surface area contributed by atoms with Gasteiger partial charge in [0.25, 0.3) is 11.8 Å². The van der Waals surface area contributed by atoms with Crippen molar-refractivity contribution in [2.45, 2.75) is 31.9 Å². The summed E-state index contributed by atoms with van der Waals surface area (Å²) in [4.78, 5) is 19.3. The molecule has 1 saturated heterocycles. The maximum absolute atomic E-state index is 13.4. The van der Waals surface area contributed by atoms with Crippen LogP contribution in [-0.2, 0) is 13.1 Å². The molecule has 5 nitrogen and oxygen atoms in total. The fourth-order valence-corrected chi connectivity index (χ4v) is 3.72. The zero-order valence-corrected chi connectivity index (χ0v) is 16.5. The number of fused-ring (bicyclic) bond motifs is 1. The van der Waals surface area contributed by atoms with E-state index in [1.54, 1.807) is 6.07 Å². The summed E-state index contributed by atoms with van der Waals surface area (Å²) < 4.78 is 28.7. The first-order chi connectivity index (χ1) is 13.9. The number of nitrogens with one attached hydrogen (secondary N) is 1. The SMILES string of the molecule is O=C(NCc1ccccc1Cl)c1nc(CN2CCC(F)(F)CC2)n2ccccc12. The monoisotopic (exact) mass is 418 g/mol. The minimum atomic E-state index is -2.59. The maximum Gasteiger partial charge on any atom is 0.272 e. The van der Waals surface area contributed by atoms with Crippen molar-refractivity contribution >= 4 is 23.0 Å². The molecule has 3 heterocycles. The van der Waals surface area contributed by atoms with Crippen LogP contribution in [-0.4, -0.2) is 39.2 Å². The molecule has 0 radical (unpaired) electrons. The zero-order valence-electron chi connectivity index (χ0n) is 15.7. The van der Waals surface area contributed by atoms with Gasteiger partial charge in [-0.2, -0.15) is 0 Å². The van der Waals surface area contributed by atoms with Gasteiger partial charge in [0.1, 0.15) is 5.82 Å². The predicted octanol–water partition coefficient (Wildman–Crippen LogP) is 4.15. The Labute approximate surface area is 172 Å². The lowest BCUT2D eigenvalue weighted by atomic mass is 10.1. The number of pyridine rings is 1. The average Bonchev–Trinajstić information content (AvgIpc) is 3.07. The van der Waals surface area contributed by atoms with Crippen molar-refractivity contribution in [2.24, 2.45) is 0 Å². The van der Waals surface area contributed by atoms with Crippen LogP contribution in [0.1, 0.15) is 34.7 Å². The second kappa shape index (κ2) is 8.08. The molecule has 0 bridgehead atoms. The largest absolute Gasteiger partial charge is 0.346 e. The molecule has 1 amide bonds. The highest BCUT2D eigenvalue weighted by molar-refractivity contribution is 6.31. The van der Waals surface area contributed by atoms with Crippen LogP contribution >= 0.6 is 11.6 Å². The summed E-state index contributed by atoms with van der Waals surface area (Å²) in [5, 5.41) is 3.45. The molecule has 1 N–H and O–H groups in total. The molecule has 152 valence electrons. The summed E-state index contributed by atoms with van der Waals surface area (Å²) in [6.07, 6.45) is 1.53. The Bertz CT molecular complexity index is 1030. The summed E-state index contributed by atoms with van der Waals surface area (Å²) in [6, 6.07) is 12.8. The van der Waals surface area contributed by atoms with E-state index in [0.717, 1.165) is 5.56 Å². The van der Waals surface area contributed by atoms with E-state index in [9.17, 15) is 13.6 Å². The van der Waals surface area contributed by atoms with Gasteiger partial charge in [0.05, 0.1) is 12.1 Å². The van der Waals surface area contributed by atoms with E-state index in [1.807, 2.05) is 51.9 Å². The highest BCUT2D eigenvalue weighted by Gasteiger charge is 2.34. The molecule has 1 aromatic carbocycles. The van der Waals surface area contributed by atoms with Crippen LogP contribution in [0.3, 0.4) is 0 Å². The van der Waals surface area contributed by atoms with Gasteiger partial charge in [-0.15, -0.1) is 0 Å². The van der Waals surface area contributed by atoms with Crippen molar-refractivity contribution in [3.63, 3.8) is 0 Å². The van der Waals surface area contributed by atoms with Gasteiger partial charge in [-0.1, -0.05) is 35.9 Å². The van der Waals surface area contributed by atoms with Crippen LogP contribution in [0, 0.1) is 0 Å². The molecule has 0 atom stereocenters. The van der Waals surface area contributed by atoms with Crippen LogP contribution in [0.5, 0.6) is 0 Å². The summed E-state index contributed by atoms with van der Waals surface area (Å²) in [5.74, 6) is -2.23. The van der Waals surface area contributed by atoms with Crippen LogP contribution in [0.4, 0.5) is 8.78 Å². The number of alkyl halides is 2. The van der Waals surface area contributed by atoms with Gasteiger partial charge < -0.3 is 9.72 Å². The Morgan fingerprint density at radius 1 is 1.14 bits per heavy atom. The summed E-state index contributed by atoms with van der Waals surface area (Å²) >= 11 is 6.15. The third kappa shape index (κ3) is 4.41. The molecule has 1 fully saturated rings. The molecule has 3 aromatic rings. The number of hydrogen-bond donors (Lipinski definition) is 1. The molecule has 0 saturated carbocycles. The van der Waals surface area contributed by atoms with E-state index in [-0.39, 0.29) is 18.7 Å². The molecule has 29 heavy (non-hydrogen) atoms. The van der Waals surface area contributed by atoms with Gasteiger partial charge in [0.2, 0.25) is 0 Å². The number of carbonyl (C=O) groups is 1. The number of imidazole rings is 1. The van der Waals surface area contributed by atoms with Gasteiger partial charge in [-0.25, -0.2) is 13.8 Å². The smallest absolute Gasteiger partial charge is 0.272 e. The Morgan fingerprint density at radius 2 is 1.86 bits per heavy atom. The first-order valence-electron chi connectivity index (χ1n) is 9.51. The van der Waals surface area contributed by atoms with E-state index in [4.69, 9.17) is 11.6 Å². The van der Waals surface area contributed by atoms with Crippen LogP contribution < -0.4 is 5.32 Å². The zero-order chi connectivity index (χ0) is 20.4. The number of carbonyl (C=O) groups excluding carboxylic acids is 1. The van der Waals surface area contributed by atoms with Crippen molar-refractivity contribution in [1.82, 2.24) is 19.6 Å². The second-order valence-electron chi connectivity index (χ2n) is 7.24. The molecular formula is C21H21ClF2N4O. The van der Waals surface area contributed by atoms with Crippen LogP contribution in [0.2, 0.25) is 5.02 Å². The lowest BCUT2D eigenvalue weighted by Gasteiger charge is -2.31. The first kappa shape index (κ1) is 19.8. The Morgan fingerprint density at radius 3 is 2.62 bits per heavy atom. The standard InChI is InChI=1S/C21H21ClF2N4O/c22-16-6-2-1-5-15(16)13-25-20(29)19-17-7-3-4-10-28(17)18(26-19)14-27-11-8-21(23,24)9-12-27/h1-7,10H,8-9,11-14H2,(H,25,29). The van der Waals surface area contributed by atoms with E-state index in [1.165, 1.54) is 0 Å². The number of nitrogens with zero attached hydrogens (tertiary/aromatic N) is 3. The molecule has 4 rings (SSSR count). The van der Waals surface area contributed by atoms with E-state index < -0.39 is 5.92 Å². The van der Waals surface area contributed by atoms with Gasteiger partial charge in [0, 0.05) is 43.7 Å². The number of halogens is 3. The van der Waals surface area contributed by atoms with E-state index >= 15 is 0 Å². The average molecular weight is 419 g/mol. The Balaban J connectivity index is 1.52. The van der Waals surface area contributed by atoms with Crippen LogP contribution in [0.25, 0.3) is 5.52 Å². The van der Waals surface area contributed by atoms with Crippen molar-refractivity contribution in [3.05, 3.63) is 70.8 Å². The minimum Gasteiger partial charge on any atom is -0.346 e.